The molecule has 1 amide bonds. The highest BCUT2D eigenvalue weighted by molar-refractivity contribution is 6.14. The van der Waals surface area contributed by atoms with Gasteiger partial charge in [0.25, 0.3) is 0 Å². The Balaban J connectivity index is 2.73. The van der Waals surface area contributed by atoms with Crippen molar-refractivity contribution < 1.29 is 23.9 Å². The van der Waals surface area contributed by atoms with Crippen LogP contribution in [0.5, 0.6) is 0 Å². The van der Waals surface area contributed by atoms with Gasteiger partial charge in [-0.15, -0.1) is 0 Å². The van der Waals surface area contributed by atoms with E-state index in [0.717, 1.165) is 0 Å². The maximum atomic E-state index is 12.2. The number of hydrogen-bond acceptors (Lipinski definition) is 6. The average molecular weight is 312 g/mol. The minimum Gasteiger partial charge on any atom is -0.464 e. The molecule has 0 aromatic rings. The van der Waals surface area contributed by atoms with Crippen LogP contribution in [0.25, 0.3) is 0 Å². The van der Waals surface area contributed by atoms with E-state index in [0.29, 0.717) is 11.3 Å². The molecule has 0 aromatic heterocycles. The molecule has 1 unspecified atom stereocenters. The molecule has 0 fully saturated rings. The van der Waals surface area contributed by atoms with Gasteiger partial charge < -0.3 is 19.7 Å². The van der Waals surface area contributed by atoms with Crippen LogP contribution in [0.1, 0.15) is 34.6 Å². The van der Waals surface area contributed by atoms with Crippen LogP contribution in [-0.2, 0) is 19.1 Å². The zero-order valence-electron chi connectivity index (χ0n) is 14.0. The molecule has 0 spiro atoms. The molecule has 1 heterocycles. The van der Waals surface area contributed by atoms with Gasteiger partial charge in [0.15, 0.2) is 11.8 Å². The SMILES string of the molecule is CCOC(=O)C1C(=O)C(C)=C(CNC(=O)OC(C)(C)C)N1C. The third-order valence-corrected chi connectivity index (χ3v) is 3.17. The molecule has 7 nitrogen and oxygen atoms in total. The molecule has 1 N–H and O–H groups in total. The van der Waals surface area contributed by atoms with Crippen LogP contribution in [0, 0.1) is 0 Å². The van der Waals surface area contributed by atoms with Gasteiger partial charge in [0.05, 0.1) is 13.2 Å². The van der Waals surface area contributed by atoms with Gasteiger partial charge in [0.2, 0.25) is 0 Å². The summed E-state index contributed by atoms with van der Waals surface area (Å²) >= 11 is 0. The number of carbonyl (C=O) groups excluding carboxylic acids is 3. The number of ether oxygens (including phenoxy) is 2. The Morgan fingerprint density at radius 1 is 1.32 bits per heavy atom. The lowest BCUT2D eigenvalue weighted by Crippen LogP contribution is -2.42. The second-order valence-corrected chi connectivity index (χ2v) is 6.06. The number of Topliss-reactive ketones (excluding diaryl/α,β-unsaturated/α-hetero) is 1. The number of nitrogens with zero attached hydrogens (tertiary/aromatic N) is 1. The Labute approximate surface area is 130 Å². The van der Waals surface area contributed by atoms with E-state index >= 15 is 0 Å². The number of hydrogen-bond donors (Lipinski definition) is 1. The average Bonchev–Trinajstić information content (AvgIpc) is 2.57. The molecule has 0 radical (unpaired) electrons. The normalized spacial score (nSPS) is 18.5. The Morgan fingerprint density at radius 3 is 2.41 bits per heavy atom. The summed E-state index contributed by atoms with van der Waals surface area (Å²) in [5.74, 6) is -0.886. The van der Waals surface area contributed by atoms with Gasteiger partial charge in [-0.3, -0.25) is 4.79 Å². The predicted molar refractivity (Wildman–Crippen MR) is 80.1 cm³/mol. The standard InChI is InChI=1S/C15H24N2O5/c1-7-21-13(19)11-12(18)9(2)10(17(11)6)8-16-14(20)22-15(3,4)5/h11H,7-8H2,1-6H3,(H,16,20). The second-order valence-electron chi connectivity index (χ2n) is 6.06. The Morgan fingerprint density at radius 2 is 1.91 bits per heavy atom. The fourth-order valence-electron chi connectivity index (χ4n) is 2.16. The van der Waals surface area contributed by atoms with Crippen molar-refractivity contribution in [3.8, 4) is 0 Å². The van der Waals surface area contributed by atoms with Gasteiger partial charge in [-0.05, 0) is 34.6 Å². The molecule has 0 bridgehead atoms. The van der Waals surface area contributed by atoms with E-state index < -0.39 is 23.7 Å². The molecule has 1 aliphatic heterocycles. The number of carbonyl (C=O) groups is 3. The molecule has 1 atom stereocenters. The van der Waals surface area contributed by atoms with E-state index in [1.807, 2.05) is 0 Å². The fraction of sp³-hybridized carbons (Fsp3) is 0.667. The van der Waals surface area contributed by atoms with E-state index in [4.69, 9.17) is 9.47 Å². The summed E-state index contributed by atoms with van der Waals surface area (Å²) < 4.78 is 10.1. The zero-order valence-corrected chi connectivity index (χ0v) is 14.0. The molecular formula is C15H24N2O5. The number of nitrogens with one attached hydrogen (secondary N) is 1. The van der Waals surface area contributed by atoms with Crippen LogP contribution in [0.4, 0.5) is 4.79 Å². The van der Waals surface area contributed by atoms with Crippen LogP contribution in [-0.4, -0.2) is 54.6 Å². The van der Waals surface area contributed by atoms with E-state index in [1.54, 1.807) is 41.7 Å². The van der Waals surface area contributed by atoms with E-state index in [2.05, 4.69) is 5.32 Å². The van der Waals surface area contributed by atoms with Crippen molar-refractivity contribution in [1.82, 2.24) is 10.2 Å². The van der Waals surface area contributed by atoms with Crippen molar-refractivity contribution in [2.45, 2.75) is 46.3 Å². The smallest absolute Gasteiger partial charge is 0.407 e. The fourth-order valence-corrected chi connectivity index (χ4v) is 2.16. The number of amides is 1. The van der Waals surface area contributed by atoms with Gasteiger partial charge >= 0.3 is 12.1 Å². The quantitative estimate of drug-likeness (QED) is 0.621. The van der Waals surface area contributed by atoms with Crippen molar-refractivity contribution in [3.63, 3.8) is 0 Å². The number of ketones is 1. The molecule has 1 rings (SSSR count). The molecule has 1 aliphatic rings. The lowest BCUT2D eigenvalue weighted by atomic mass is 10.1. The summed E-state index contributed by atoms with van der Waals surface area (Å²) in [6, 6.07) is -0.976. The highest BCUT2D eigenvalue weighted by Gasteiger charge is 2.41. The predicted octanol–water partition coefficient (Wildman–Crippen LogP) is 1.23. The van der Waals surface area contributed by atoms with E-state index in [1.165, 1.54) is 4.90 Å². The van der Waals surface area contributed by atoms with Gasteiger partial charge in [-0.1, -0.05) is 0 Å². The van der Waals surface area contributed by atoms with Gasteiger partial charge in [0.1, 0.15) is 5.60 Å². The lowest BCUT2D eigenvalue weighted by Gasteiger charge is -2.24. The van der Waals surface area contributed by atoms with Crippen molar-refractivity contribution >= 4 is 17.8 Å². The summed E-state index contributed by atoms with van der Waals surface area (Å²) in [5, 5.41) is 2.59. The number of alkyl carbamates (subject to hydrolysis) is 1. The molecule has 0 saturated carbocycles. The van der Waals surface area contributed by atoms with Crippen LogP contribution < -0.4 is 5.32 Å². The Hall–Kier alpha value is -2.05. The highest BCUT2D eigenvalue weighted by Crippen LogP contribution is 2.24. The first-order chi connectivity index (χ1) is 10.1. The van der Waals surface area contributed by atoms with Crippen LogP contribution in [0.3, 0.4) is 0 Å². The molecule has 7 heteroatoms. The molecule has 124 valence electrons. The minimum absolute atomic E-state index is 0.110. The Bertz CT molecular complexity index is 505. The maximum absolute atomic E-state index is 12.2. The van der Waals surface area contributed by atoms with Gasteiger partial charge in [-0.2, -0.15) is 0 Å². The van der Waals surface area contributed by atoms with E-state index in [-0.39, 0.29) is 18.9 Å². The summed E-state index contributed by atoms with van der Waals surface area (Å²) in [4.78, 5) is 37.2. The molecule has 0 saturated heterocycles. The third-order valence-electron chi connectivity index (χ3n) is 3.17. The third kappa shape index (κ3) is 4.22. The summed E-state index contributed by atoms with van der Waals surface area (Å²) in [6.07, 6.45) is -0.576. The topological polar surface area (TPSA) is 84.9 Å². The molecular weight excluding hydrogens is 288 g/mol. The summed E-state index contributed by atoms with van der Waals surface area (Å²) in [6.45, 7) is 8.92. The van der Waals surface area contributed by atoms with Crippen molar-refractivity contribution in [2.75, 3.05) is 20.2 Å². The number of esters is 1. The van der Waals surface area contributed by atoms with Crippen molar-refractivity contribution in [2.24, 2.45) is 0 Å². The van der Waals surface area contributed by atoms with Crippen LogP contribution >= 0.6 is 0 Å². The summed E-state index contributed by atoms with van der Waals surface area (Å²) in [5.41, 5.74) is 0.420. The summed E-state index contributed by atoms with van der Waals surface area (Å²) in [7, 11) is 1.63. The number of likely N-dealkylation sites (N-methyl/N-ethyl adjacent to an activating group) is 1. The van der Waals surface area contributed by atoms with E-state index in [9.17, 15) is 14.4 Å². The monoisotopic (exact) mass is 312 g/mol. The number of rotatable bonds is 4. The maximum Gasteiger partial charge on any atom is 0.407 e. The van der Waals surface area contributed by atoms with Crippen molar-refractivity contribution in [1.29, 1.82) is 0 Å². The second kappa shape index (κ2) is 6.81. The molecule has 0 aromatic carbocycles. The molecule has 22 heavy (non-hydrogen) atoms. The first-order valence-electron chi connectivity index (χ1n) is 7.18. The first-order valence-corrected chi connectivity index (χ1v) is 7.18. The van der Waals surface area contributed by atoms with Gasteiger partial charge in [0, 0.05) is 18.3 Å². The van der Waals surface area contributed by atoms with Crippen LogP contribution in [0.15, 0.2) is 11.3 Å². The Kier molecular flexibility index (Phi) is 5.57. The largest absolute Gasteiger partial charge is 0.464 e. The molecule has 0 aliphatic carbocycles. The van der Waals surface area contributed by atoms with Crippen molar-refractivity contribution in [3.05, 3.63) is 11.3 Å². The highest BCUT2D eigenvalue weighted by atomic mass is 16.6. The van der Waals surface area contributed by atoms with Gasteiger partial charge in [-0.25, -0.2) is 9.59 Å². The minimum atomic E-state index is -0.976. The lowest BCUT2D eigenvalue weighted by molar-refractivity contribution is -0.150. The van der Waals surface area contributed by atoms with Crippen LogP contribution in [0.2, 0.25) is 0 Å². The zero-order chi connectivity index (χ0) is 17.1. The first kappa shape index (κ1) is 18.0.